The summed E-state index contributed by atoms with van der Waals surface area (Å²) in [6, 6.07) is 12.2. The van der Waals surface area contributed by atoms with Crippen LogP contribution in [0.3, 0.4) is 0 Å². The molecule has 0 fully saturated rings. The van der Waals surface area contributed by atoms with Gasteiger partial charge in [0.15, 0.2) is 0 Å². The lowest BCUT2D eigenvalue weighted by Crippen LogP contribution is -2.03. The summed E-state index contributed by atoms with van der Waals surface area (Å²) in [4.78, 5) is 0. The van der Waals surface area contributed by atoms with Crippen LogP contribution in [0.15, 0.2) is 42.5 Å². The zero-order chi connectivity index (χ0) is 14.5. The highest BCUT2D eigenvalue weighted by Crippen LogP contribution is 2.23. The number of hydrogen-bond donors (Lipinski definition) is 1. The molecule has 20 heavy (non-hydrogen) atoms. The lowest BCUT2D eigenvalue weighted by molar-refractivity contribution is -0.0498. The van der Waals surface area contributed by atoms with Crippen LogP contribution in [0.2, 0.25) is 5.02 Å². The number of alkyl halides is 2. The molecule has 0 saturated carbocycles. The minimum Gasteiger partial charge on any atom is -0.435 e. The van der Waals surface area contributed by atoms with Crippen molar-refractivity contribution in [1.82, 2.24) is 0 Å². The van der Waals surface area contributed by atoms with Crippen LogP contribution in [-0.2, 0) is 6.54 Å². The standard InChI is InChI=1S/C15H14ClF2NO/c1-10-2-7-14(13(16)8-10)19-9-11-3-5-12(6-4-11)20-15(17)18/h2-8,15,19H,9H2,1H3. The third-order valence-electron chi connectivity index (χ3n) is 2.76. The second-order valence-electron chi connectivity index (χ2n) is 4.36. The van der Waals surface area contributed by atoms with Crippen molar-refractivity contribution in [2.45, 2.75) is 20.1 Å². The Bertz CT molecular complexity index is 573. The fourth-order valence-electron chi connectivity index (χ4n) is 1.75. The van der Waals surface area contributed by atoms with Crippen molar-refractivity contribution in [1.29, 1.82) is 0 Å². The molecule has 2 aromatic carbocycles. The summed E-state index contributed by atoms with van der Waals surface area (Å²) in [6.07, 6.45) is 0. The maximum Gasteiger partial charge on any atom is 0.387 e. The van der Waals surface area contributed by atoms with Gasteiger partial charge in [0.05, 0.1) is 10.7 Å². The fourth-order valence-corrected chi connectivity index (χ4v) is 2.05. The van der Waals surface area contributed by atoms with E-state index in [2.05, 4.69) is 10.1 Å². The molecule has 2 aromatic rings. The minimum absolute atomic E-state index is 0.150. The van der Waals surface area contributed by atoms with Crippen molar-refractivity contribution in [2.24, 2.45) is 0 Å². The maximum absolute atomic E-state index is 12.0. The third kappa shape index (κ3) is 4.10. The Kier molecular flexibility index (Phi) is 4.79. The first-order valence-corrected chi connectivity index (χ1v) is 6.46. The van der Waals surface area contributed by atoms with E-state index in [0.717, 1.165) is 16.8 Å². The summed E-state index contributed by atoms with van der Waals surface area (Å²) in [7, 11) is 0. The van der Waals surface area contributed by atoms with Crippen molar-refractivity contribution in [3.63, 3.8) is 0 Å². The van der Waals surface area contributed by atoms with Gasteiger partial charge in [-0.2, -0.15) is 8.78 Å². The summed E-state index contributed by atoms with van der Waals surface area (Å²) < 4.78 is 28.3. The highest BCUT2D eigenvalue weighted by Gasteiger charge is 2.04. The molecule has 1 N–H and O–H groups in total. The van der Waals surface area contributed by atoms with Crippen LogP contribution < -0.4 is 10.1 Å². The van der Waals surface area contributed by atoms with Crippen LogP contribution in [-0.4, -0.2) is 6.61 Å². The quantitative estimate of drug-likeness (QED) is 0.851. The van der Waals surface area contributed by atoms with Gasteiger partial charge in [-0.15, -0.1) is 0 Å². The number of benzene rings is 2. The number of nitrogens with one attached hydrogen (secondary N) is 1. The first-order chi connectivity index (χ1) is 9.54. The van der Waals surface area contributed by atoms with Crippen LogP contribution in [0.1, 0.15) is 11.1 Å². The van der Waals surface area contributed by atoms with Gasteiger partial charge in [-0.1, -0.05) is 29.8 Å². The molecule has 0 atom stereocenters. The lowest BCUT2D eigenvalue weighted by Gasteiger charge is -2.10. The molecule has 0 aliphatic heterocycles. The van der Waals surface area contributed by atoms with Crippen molar-refractivity contribution in [3.05, 3.63) is 58.6 Å². The molecular formula is C15H14ClF2NO. The number of halogens is 3. The van der Waals surface area contributed by atoms with Gasteiger partial charge in [-0.05, 0) is 42.3 Å². The molecule has 2 nitrogen and oxygen atoms in total. The molecular weight excluding hydrogens is 284 g/mol. The van der Waals surface area contributed by atoms with Crippen LogP contribution in [0, 0.1) is 6.92 Å². The number of aryl methyl sites for hydroxylation is 1. The topological polar surface area (TPSA) is 21.3 Å². The normalized spacial score (nSPS) is 10.7. The van der Waals surface area contributed by atoms with E-state index < -0.39 is 6.61 Å². The molecule has 2 rings (SSSR count). The van der Waals surface area contributed by atoms with E-state index in [9.17, 15) is 8.78 Å². The zero-order valence-corrected chi connectivity index (χ0v) is 11.6. The Morgan fingerprint density at radius 1 is 1.15 bits per heavy atom. The summed E-state index contributed by atoms with van der Waals surface area (Å²) >= 11 is 6.11. The molecule has 0 bridgehead atoms. The first kappa shape index (κ1) is 14.6. The molecule has 0 spiro atoms. The lowest BCUT2D eigenvalue weighted by atomic mass is 10.2. The predicted octanol–water partition coefficient (Wildman–Crippen LogP) is 4.86. The van der Waals surface area contributed by atoms with E-state index in [1.807, 2.05) is 25.1 Å². The highest BCUT2D eigenvalue weighted by atomic mass is 35.5. The molecule has 0 aliphatic carbocycles. The van der Waals surface area contributed by atoms with Crippen LogP contribution in [0.4, 0.5) is 14.5 Å². The molecule has 106 valence electrons. The summed E-state index contributed by atoms with van der Waals surface area (Å²) in [5.74, 6) is 0.150. The van der Waals surface area contributed by atoms with Crippen LogP contribution >= 0.6 is 11.6 Å². The number of ether oxygens (including phenoxy) is 1. The third-order valence-corrected chi connectivity index (χ3v) is 3.07. The molecule has 0 heterocycles. The van der Waals surface area contributed by atoms with Crippen molar-refractivity contribution in [3.8, 4) is 5.75 Å². The van der Waals surface area contributed by atoms with Gasteiger partial charge in [-0.25, -0.2) is 0 Å². The zero-order valence-electron chi connectivity index (χ0n) is 10.9. The second kappa shape index (κ2) is 6.57. The van der Waals surface area contributed by atoms with Crippen LogP contribution in [0.5, 0.6) is 5.75 Å². The maximum atomic E-state index is 12.0. The molecule has 0 aromatic heterocycles. The van der Waals surface area contributed by atoms with Gasteiger partial charge >= 0.3 is 6.61 Å². The van der Waals surface area contributed by atoms with Crippen LogP contribution in [0.25, 0.3) is 0 Å². The van der Waals surface area contributed by atoms with Gasteiger partial charge in [0, 0.05) is 6.54 Å². The van der Waals surface area contributed by atoms with E-state index in [4.69, 9.17) is 11.6 Å². The Balaban J connectivity index is 1.96. The molecule has 0 aliphatic rings. The van der Waals surface area contributed by atoms with E-state index in [1.165, 1.54) is 12.1 Å². The smallest absolute Gasteiger partial charge is 0.387 e. The van der Waals surface area contributed by atoms with Crippen molar-refractivity contribution >= 4 is 17.3 Å². The fraction of sp³-hybridized carbons (Fsp3) is 0.200. The Morgan fingerprint density at radius 2 is 1.85 bits per heavy atom. The Labute approximate surface area is 121 Å². The van der Waals surface area contributed by atoms with Gasteiger partial charge in [-0.3, -0.25) is 0 Å². The molecule has 0 saturated heterocycles. The largest absolute Gasteiger partial charge is 0.435 e. The van der Waals surface area contributed by atoms with Gasteiger partial charge in [0.1, 0.15) is 5.75 Å². The number of anilines is 1. The van der Waals surface area contributed by atoms with Gasteiger partial charge < -0.3 is 10.1 Å². The van der Waals surface area contributed by atoms with Crippen molar-refractivity contribution in [2.75, 3.05) is 5.32 Å². The minimum atomic E-state index is -2.80. The molecule has 0 radical (unpaired) electrons. The van der Waals surface area contributed by atoms with E-state index in [1.54, 1.807) is 12.1 Å². The highest BCUT2D eigenvalue weighted by molar-refractivity contribution is 6.33. The number of hydrogen-bond acceptors (Lipinski definition) is 2. The average molecular weight is 298 g/mol. The summed E-state index contributed by atoms with van der Waals surface area (Å²) in [5.41, 5.74) is 2.88. The van der Waals surface area contributed by atoms with E-state index in [-0.39, 0.29) is 5.75 Å². The summed E-state index contributed by atoms with van der Waals surface area (Å²) in [6.45, 7) is -0.278. The van der Waals surface area contributed by atoms with E-state index in [0.29, 0.717) is 11.6 Å². The van der Waals surface area contributed by atoms with E-state index >= 15 is 0 Å². The van der Waals surface area contributed by atoms with Crippen molar-refractivity contribution < 1.29 is 13.5 Å². The second-order valence-corrected chi connectivity index (χ2v) is 4.77. The first-order valence-electron chi connectivity index (χ1n) is 6.08. The average Bonchev–Trinajstić information content (AvgIpc) is 2.39. The molecule has 0 amide bonds. The van der Waals surface area contributed by atoms with Gasteiger partial charge in [0.2, 0.25) is 0 Å². The number of rotatable bonds is 5. The summed E-state index contributed by atoms with van der Waals surface area (Å²) in [5, 5.41) is 3.85. The molecule has 0 unspecified atom stereocenters. The van der Waals surface area contributed by atoms with Gasteiger partial charge in [0.25, 0.3) is 0 Å². The predicted molar refractivity (Wildman–Crippen MR) is 76.6 cm³/mol. The monoisotopic (exact) mass is 297 g/mol. The SMILES string of the molecule is Cc1ccc(NCc2ccc(OC(F)F)cc2)c(Cl)c1. The Morgan fingerprint density at radius 3 is 2.45 bits per heavy atom. The Hall–Kier alpha value is -1.81. The molecule has 5 heteroatoms.